The highest BCUT2D eigenvalue weighted by Gasteiger charge is 2.18. The van der Waals surface area contributed by atoms with Gasteiger partial charge in [0.15, 0.2) is 0 Å². The number of rotatable bonds is 6. The molecule has 1 amide bonds. The highest BCUT2D eigenvalue weighted by atomic mass is 32.1. The summed E-state index contributed by atoms with van der Waals surface area (Å²) in [6, 6.07) is 7.18. The summed E-state index contributed by atoms with van der Waals surface area (Å²) in [7, 11) is 0. The smallest absolute Gasteiger partial charge is 0.252 e. The molecule has 0 atom stereocenters. The predicted octanol–water partition coefficient (Wildman–Crippen LogP) is 4.29. The Labute approximate surface area is 173 Å². The Bertz CT molecular complexity index is 1030. The first-order chi connectivity index (χ1) is 14.1. The monoisotopic (exact) mass is 411 g/mol. The third-order valence-corrected chi connectivity index (χ3v) is 6.21. The first kappa shape index (κ1) is 19.6. The molecule has 0 radical (unpaired) electrons. The zero-order chi connectivity index (χ0) is 20.2. The Balaban J connectivity index is 1.57. The number of aryl methyl sites for hydroxylation is 1. The summed E-state index contributed by atoms with van der Waals surface area (Å²) in [5, 5.41) is 9.54. The lowest BCUT2D eigenvalue weighted by atomic mass is 9.86. The van der Waals surface area contributed by atoms with E-state index in [2.05, 4.69) is 20.4 Å². The molecule has 0 unspecified atom stereocenters. The maximum absolute atomic E-state index is 12.6. The van der Waals surface area contributed by atoms with Gasteiger partial charge in [0.2, 0.25) is 11.9 Å². The fourth-order valence-corrected chi connectivity index (χ4v) is 4.54. The van der Waals surface area contributed by atoms with Crippen molar-refractivity contribution in [2.24, 2.45) is 5.92 Å². The van der Waals surface area contributed by atoms with Gasteiger partial charge in [-0.3, -0.25) is 14.6 Å². The molecule has 29 heavy (non-hydrogen) atoms. The summed E-state index contributed by atoms with van der Waals surface area (Å²) in [6.07, 6.45) is 7.71. The number of anilines is 1. The summed E-state index contributed by atoms with van der Waals surface area (Å²) >= 11 is 1.57. The van der Waals surface area contributed by atoms with Crippen LogP contribution in [0.15, 0.2) is 34.4 Å². The summed E-state index contributed by atoms with van der Waals surface area (Å²) in [4.78, 5) is 32.6. The fraction of sp³-hybridized carbons (Fsp3) is 0.429. The molecule has 0 saturated heterocycles. The van der Waals surface area contributed by atoms with Gasteiger partial charge < -0.3 is 5.32 Å². The van der Waals surface area contributed by atoms with E-state index in [9.17, 15) is 9.59 Å². The van der Waals surface area contributed by atoms with Gasteiger partial charge in [0.25, 0.3) is 5.56 Å². The molecule has 152 valence electrons. The maximum Gasteiger partial charge on any atom is 0.252 e. The van der Waals surface area contributed by atoms with E-state index in [1.807, 2.05) is 23.6 Å². The number of carbonyl (C=O) groups is 1. The molecule has 2 N–H and O–H groups in total. The molecule has 8 heteroatoms. The second kappa shape index (κ2) is 8.73. The third kappa shape index (κ3) is 4.82. The number of H-pyrrole nitrogens is 1. The molecule has 1 fully saturated rings. The molecular formula is C21H25N5O2S. The molecule has 7 nitrogen and oxygen atoms in total. The third-order valence-electron chi connectivity index (χ3n) is 5.31. The first-order valence-corrected chi connectivity index (χ1v) is 11.0. The molecule has 0 aliphatic heterocycles. The average Bonchev–Trinajstić information content (AvgIpc) is 3.36. The Kier molecular flexibility index (Phi) is 5.89. The Morgan fingerprint density at radius 3 is 2.86 bits per heavy atom. The van der Waals surface area contributed by atoms with Gasteiger partial charge in [-0.05, 0) is 30.7 Å². The van der Waals surface area contributed by atoms with Crippen molar-refractivity contribution in [2.45, 2.75) is 51.9 Å². The number of aromatic amines is 1. The van der Waals surface area contributed by atoms with Crippen LogP contribution in [0.3, 0.4) is 0 Å². The van der Waals surface area contributed by atoms with Gasteiger partial charge in [-0.1, -0.05) is 38.2 Å². The van der Waals surface area contributed by atoms with Crippen LogP contribution in [-0.4, -0.2) is 25.7 Å². The molecular weight excluding hydrogens is 386 g/mol. The SMILES string of the molecule is Cc1cc(=O)[nH]c(-n2nc(-c3cccs3)cc2NC(=O)CCC2CCCCC2)n1. The molecule has 0 spiro atoms. The number of thiophene rings is 1. The molecule has 0 aromatic carbocycles. The lowest BCUT2D eigenvalue weighted by Crippen LogP contribution is -2.19. The second-order valence-corrected chi connectivity index (χ2v) is 8.55. The van der Waals surface area contributed by atoms with Gasteiger partial charge in [-0.15, -0.1) is 11.3 Å². The number of hydrogen-bond acceptors (Lipinski definition) is 5. The van der Waals surface area contributed by atoms with E-state index in [0.29, 0.717) is 29.8 Å². The predicted molar refractivity (Wildman–Crippen MR) is 114 cm³/mol. The molecule has 3 heterocycles. The lowest BCUT2D eigenvalue weighted by Gasteiger charge is -2.21. The Hall–Kier alpha value is -2.74. The normalized spacial score (nSPS) is 14.8. The molecule has 1 aliphatic rings. The lowest BCUT2D eigenvalue weighted by molar-refractivity contribution is -0.116. The van der Waals surface area contributed by atoms with Crippen LogP contribution < -0.4 is 10.9 Å². The minimum atomic E-state index is -0.254. The van der Waals surface area contributed by atoms with Crippen molar-refractivity contribution in [3.05, 3.63) is 45.7 Å². The molecule has 1 aliphatic carbocycles. The van der Waals surface area contributed by atoms with E-state index in [1.165, 1.54) is 42.9 Å². The van der Waals surface area contributed by atoms with Crippen LogP contribution in [0.5, 0.6) is 0 Å². The largest absolute Gasteiger partial charge is 0.310 e. The molecule has 0 bridgehead atoms. The van der Waals surface area contributed by atoms with Crippen LogP contribution in [-0.2, 0) is 4.79 Å². The summed E-state index contributed by atoms with van der Waals surface area (Å²) in [5.41, 5.74) is 1.06. The Morgan fingerprint density at radius 1 is 1.31 bits per heavy atom. The molecule has 3 aromatic rings. The van der Waals surface area contributed by atoms with E-state index in [0.717, 1.165) is 17.0 Å². The van der Waals surface area contributed by atoms with Crippen molar-refractivity contribution in [1.82, 2.24) is 19.7 Å². The number of hydrogen-bond donors (Lipinski definition) is 2. The van der Waals surface area contributed by atoms with Crippen LogP contribution in [0, 0.1) is 12.8 Å². The van der Waals surface area contributed by atoms with Crippen molar-refractivity contribution in [2.75, 3.05) is 5.32 Å². The maximum atomic E-state index is 12.6. The number of nitrogens with zero attached hydrogens (tertiary/aromatic N) is 3. The van der Waals surface area contributed by atoms with E-state index in [1.54, 1.807) is 18.3 Å². The van der Waals surface area contributed by atoms with Gasteiger partial charge in [0, 0.05) is 24.2 Å². The van der Waals surface area contributed by atoms with Crippen LogP contribution in [0.25, 0.3) is 16.5 Å². The molecule has 4 rings (SSSR count). The van der Waals surface area contributed by atoms with Crippen LogP contribution >= 0.6 is 11.3 Å². The topological polar surface area (TPSA) is 92.7 Å². The fourth-order valence-electron chi connectivity index (χ4n) is 3.86. The minimum absolute atomic E-state index is 0.0375. The zero-order valence-electron chi connectivity index (χ0n) is 16.5. The number of aromatic nitrogens is 4. The highest BCUT2D eigenvalue weighted by Crippen LogP contribution is 2.29. The van der Waals surface area contributed by atoms with E-state index in [-0.39, 0.29) is 11.5 Å². The summed E-state index contributed by atoms with van der Waals surface area (Å²) < 4.78 is 1.50. The van der Waals surface area contributed by atoms with Crippen molar-refractivity contribution >= 4 is 23.1 Å². The zero-order valence-corrected chi connectivity index (χ0v) is 17.3. The summed E-state index contributed by atoms with van der Waals surface area (Å²) in [6.45, 7) is 1.75. The Morgan fingerprint density at radius 2 is 2.14 bits per heavy atom. The first-order valence-electron chi connectivity index (χ1n) is 10.1. The van der Waals surface area contributed by atoms with Crippen LogP contribution in [0.2, 0.25) is 0 Å². The van der Waals surface area contributed by atoms with Gasteiger partial charge >= 0.3 is 0 Å². The highest BCUT2D eigenvalue weighted by molar-refractivity contribution is 7.13. The van der Waals surface area contributed by atoms with Gasteiger partial charge in [0.1, 0.15) is 11.5 Å². The quantitative estimate of drug-likeness (QED) is 0.633. The minimum Gasteiger partial charge on any atom is -0.310 e. The van der Waals surface area contributed by atoms with E-state index in [4.69, 9.17) is 0 Å². The van der Waals surface area contributed by atoms with Gasteiger partial charge in [-0.25, -0.2) is 4.98 Å². The van der Waals surface area contributed by atoms with E-state index >= 15 is 0 Å². The van der Waals surface area contributed by atoms with Crippen LogP contribution in [0.4, 0.5) is 5.82 Å². The number of amides is 1. The number of nitrogens with one attached hydrogen (secondary N) is 2. The summed E-state index contributed by atoms with van der Waals surface area (Å²) in [5.74, 6) is 1.41. The van der Waals surface area contributed by atoms with E-state index < -0.39 is 0 Å². The van der Waals surface area contributed by atoms with Crippen molar-refractivity contribution in [3.8, 4) is 16.5 Å². The average molecular weight is 412 g/mol. The molecule has 1 saturated carbocycles. The van der Waals surface area contributed by atoms with Gasteiger partial charge in [-0.2, -0.15) is 9.78 Å². The second-order valence-electron chi connectivity index (χ2n) is 7.61. The standard InChI is InChI=1S/C21H25N5O2S/c1-14-12-20(28)24-21(22-14)26-18(13-16(25-26)17-8-5-11-29-17)23-19(27)10-9-15-6-3-2-4-7-15/h5,8,11-13,15H,2-4,6-7,9-10H2,1H3,(H,23,27)(H,22,24,28). The van der Waals surface area contributed by atoms with Crippen molar-refractivity contribution in [1.29, 1.82) is 0 Å². The molecule has 3 aromatic heterocycles. The van der Waals surface area contributed by atoms with Crippen LogP contribution in [0.1, 0.15) is 50.6 Å². The number of carbonyl (C=O) groups excluding carboxylic acids is 1. The van der Waals surface area contributed by atoms with Crippen molar-refractivity contribution in [3.63, 3.8) is 0 Å². The van der Waals surface area contributed by atoms with Crippen molar-refractivity contribution < 1.29 is 4.79 Å². The van der Waals surface area contributed by atoms with Gasteiger partial charge in [0.05, 0.1) is 4.88 Å².